The normalized spacial score (nSPS) is 20.3. The van der Waals surface area contributed by atoms with E-state index in [9.17, 15) is 4.39 Å². The minimum Gasteiger partial charge on any atom is -0.341 e. The minimum absolute atomic E-state index is 0.147. The maximum absolute atomic E-state index is 13.5. The Hall–Kier alpha value is -1.35. The van der Waals surface area contributed by atoms with E-state index < -0.39 is 0 Å². The van der Waals surface area contributed by atoms with Gasteiger partial charge in [-0.1, -0.05) is 12.1 Å². The second-order valence-electron chi connectivity index (χ2n) is 3.89. The average Bonchev–Trinajstić information content (AvgIpc) is 2.60. The zero-order valence-electron chi connectivity index (χ0n) is 7.70. The maximum Gasteiger partial charge on any atom is 0.147 e. The lowest BCUT2D eigenvalue weighted by Gasteiger charge is -2.03. The molecule has 0 amide bonds. The van der Waals surface area contributed by atoms with Crippen LogP contribution in [0.25, 0.3) is 10.9 Å². The zero-order valence-corrected chi connectivity index (χ0v) is 7.70. The molecule has 72 valence electrons. The van der Waals surface area contributed by atoms with Crippen LogP contribution in [0.3, 0.4) is 0 Å². The van der Waals surface area contributed by atoms with Crippen molar-refractivity contribution in [1.29, 1.82) is 0 Å². The third-order valence-corrected chi connectivity index (χ3v) is 2.85. The smallest absolute Gasteiger partial charge is 0.147 e. The van der Waals surface area contributed by atoms with Crippen molar-refractivity contribution in [3.63, 3.8) is 0 Å². The molecular formula is C11H11FN2. The fraction of sp³-hybridized carbons (Fsp3) is 0.273. The maximum atomic E-state index is 13.5. The molecule has 3 heteroatoms. The van der Waals surface area contributed by atoms with Gasteiger partial charge < -0.3 is 10.3 Å². The molecule has 0 spiro atoms. The molecule has 0 saturated heterocycles. The first-order chi connectivity index (χ1) is 6.75. The summed E-state index contributed by atoms with van der Waals surface area (Å²) in [6, 6.07) is 7.36. The number of nitrogens with two attached hydrogens (primary N) is 1. The van der Waals surface area contributed by atoms with Crippen molar-refractivity contribution in [2.75, 3.05) is 0 Å². The van der Waals surface area contributed by atoms with Crippen LogP contribution in [0.2, 0.25) is 0 Å². The fourth-order valence-electron chi connectivity index (χ4n) is 2.28. The summed E-state index contributed by atoms with van der Waals surface area (Å²) < 4.78 is 15.5. The van der Waals surface area contributed by atoms with E-state index in [-0.39, 0.29) is 11.9 Å². The van der Waals surface area contributed by atoms with Crippen LogP contribution in [0.1, 0.15) is 5.69 Å². The molecule has 3 rings (SSSR count). The molecule has 1 aliphatic heterocycles. The van der Waals surface area contributed by atoms with Crippen LogP contribution in [-0.2, 0) is 13.0 Å². The molecule has 0 radical (unpaired) electrons. The summed E-state index contributed by atoms with van der Waals surface area (Å²) in [5.74, 6) is -0.150. The van der Waals surface area contributed by atoms with Gasteiger partial charge in [0.25, 0.3) is 0 Å². The summed E-state index contributed by atoms with van der Waals surface area (Å²) in [5.41, 5.74) is 7.68. The Balaban J connectivity index is 2.35. The van der Waals surface area contributed by atoms with E-state index in [4.69, 9.17) is 5.73 Å². The molecule has 1 atom stereocenters. The second-order valence-corrected chi connectivity index (χ2v) is 3.89. The summed E-state index contributed by atoms with van der Waals surface area (Å²) >= 11 is 0. The zero-order chi connectivity index (χ0) is 9.71. The summed E-state index contributed by atoms with van der Waals surface area (Å²) in [5, 5.41) is 0.979. The molecule has 1 aliphatic rings. The predicted octanol–water partition coefficient (Wildman–Crippen LogP) is 1.66. The monoisotopic (exact) mass is 190 g/mol. The molecule has 0 bridgehead atoms. The Morgan fingerprint density at radius 2 is 2.29 bits per heavy atom. The van der Waals surface area contributed by atoms with Gasteiger partial charge >= 0.3 is 0 Å². The molecule has 2 aromatic rings. The molecule has 0 aliphatic carbocycles. The van der Waals surface area contributed by atoms with Gasteiger partial charge in [-0.3, -0.25) is 0 Å². The van der Waals surface area contributed by atoms with E-state index in [1.165, 1.54) is 6.07 Å². The van der Waals surface area contributed by atoms with E-state index in [1.54, 1.807) is 6.07 Å². The highest BCUT2D eigenvalue weighted by Gasteiger charge is 2.21. The van der Waals surface area contributed by atoms with Gasteiger partial charge in [-0.25, -0.2) is 4.39 Å². The summed E-state index contributed by atoms with van der Waals surface area (Å²) in [7, 11) is 0. The Kier molecular flexibility index (Phi) is 1.47. The number of fused-ring (bicyclic) bond motifs is 3. The van der Waals surface area contributed by atoms with Gasteiger partial charge in [-0.2, -0.15) is 0 Å². The quantitative estimate of drug-likeness (QED) is 0.673. The number of halogens is 1. The number of hydrogen-bond donors (Lipinski definition) is 1. The van der Waals surface area contributed by atoms with E-state index in [0.717, 1.165) is 24.0 Å². The topological polar surface area (TPSA) is 30.9 Å². The van der Waals surface area contributed by atoms with Crippen LogP contribution in [0, 0.1) is 5.82 Å². The SMILES string of the molecule is NC1Cc2cc3cccc(F)c3n2C1. The van der Waals surface area contributed by atoms with Crippen molar-refractivity contribution in [3.05, 3.63) is 35.8 Å². The third kappa shape index (κ3) is 0.930. The molecule has 2 N–H and O–H groups in total. The molecule has 1 aromatic heterocycles. The Bertz CT molecular complexity index is 501. The van der Waals surface area contributed by atoms with Crippen molar-refractivity contribution in [2.24, 2.45) is 5.73 Å². The average molecular weight is 190 g/mol. The van der Waals surface area contributed by atoms with Crippen molar-refractivity contribution in [3.8, 4) is 0 Å². The highest BCUT2D eigenvalue weighted by Crippen LogP contribution is 2.27. The third-order valence-electron chi connectivity index (χ3n) is 2.85. The number of benzene rings is 1. The molecule has 1 unspecified atom stereocenters. The summed E-state index contributed by atoms with van der Waals surface area (Å²) in [6.07, 6.45) is 0.855. The highest BCUT2D eigenvalue weighted by atomic mass is 19.1. The lowest BCUT2D eigenvalue weighted by atomic mass is 10.2. The van der Waals surface area contributed by atoms with Gasteiger partial charge in [0.05, 0.1) is 5.52 Å². The molecule has 2 nitrogen and oxygen atoms in total. The largest absolute Gasteiger partial charge is 0.341 e. The molecule has 2 heterocycles. The number of hydrogen-bond acceptors (Lipinski definition) is 1. The van der Waals surface area contributed by atoms with Gasteiger partial charge in [0, 0.05) is 30.1 Å². The summed E-state index contributed by atoms with van der Waals surface area (Å²) in [6.45, 7) is 0.736. The van der Waals surface area contributed by atoms with Gasteiger partial charge in [0.15, 0.2) is 0 Å². The Morgan fingerprint density at radius 1 is 1.43 bits per heavy atom. The molecule has 1 aromatic carbocycles. The highest BCUT2D eigenvalue weighted by molar-refractivity contribution is 5.82. The van der Waals surface area contributed by atoms with Gasteiger partial charge in [0.1, 0.15) is 5.82 Å². The number of nitrogens with zero attached hydrogens (tertiary/aromatic N) is 1. The lowest BCUT2D eigenvalue weighted by molar-refractivity contribution is 0.613. The van der Waals surface area contributed by atoms with Crippen molar-refractivity contribution in [1.82, 2.24) is 4.57 Å². The standard InChI is InChI=1S/C11H11FN2/c12-10-3-1-2-7-4-9-5-8(13)6-14(9)11(7)10/h1-4,8H,5-6,13H2. The first kappa shape index (κ1) is 8.00. The predicted molar refractivity (Wildman–Crippen MR) is 53.6 cm³/mol. The van der Waals surface area contributed by atoms with Crippen LogP contribution >= 0.6 is 0 Å². The lowest BCUT2D eigenvalue weighted by Crippen LogP contribution is -2.20. The van der Waals surface area contributed by atoms with Crippen molar-refractivity contribution in [2.45, 2.75) is 19.0 Å². The van der Waals surface area contributed by atoms with Gasteiger partial charge in [-0.05, 0) is 12.1 Å². The van der Waals surface area contributed by atoms with Crippen LogP contribution in [0.15, 0.2) is 24.3 Å². The molecule has 0 fully saturated rings. The van der Waals surface area contributed by atoms with E-state index in [2.05, 4.69) is 0 Å². The number of aromatic nitrogens is 1. The first-order valence-corrected chi connectivity index (χ1v) is 4.78. The van der Waals surface area contributed by atoms with Crippen LogP contribution in [-0.4, -0.2) is 10.6 Å². The molecule has 0 saturated carbocycles. The fourth-order valence-corrected chi connectivity index (χ4v) is 2.28. The van der Waals surface area contributed by atoms with Crippen LogP contribution in [0.5, 0.6) is 0 Å². The molecule has 14 heavy (non-hydrogen) atoms. The van der Waals surface area contributed by atoms with E-state index in [0.29, 0.717) is 5.52 Å². The van der Waals surface area contributed by atoms with Crippen LogP contribution in [0.4, 0.5) is 4.39 Å². The van der Waals surface area contributed by atoms with E-state index >= 15 is 0 Å². The Labute approximate surface area is 81.1 Å². The molecular weight excluding hydrogens is 179 g/mol. The van der Waals surface area contributed by atoms with Gasteiger partial charge in [0.2, 0.25) is 0 Å². The number of rotatable bonds is 0. The van der Waals surface area contributed by atoms with Gasteiger partial charge in [-0.15, -0.1) is 0 Å². The number of para-hydroxylation sites is 1. The van der Waals surface area contributed by atoms with E-state index in [1.807, 2.05) is 16.7 Å². The van der Waals surface area contributed by atoms with Crippen molar-refractivity contribution >= 4 is 10.9 Å². The summed E-state index contributed by atoms with van der Waals surface area (Å²) in [4.78, 5) is 0. The first-order valence-electron chi connectivity index (χ1n) is 4.78. The van der Waals surface area contributed by atoms with Crippen molar-refractivity contribution < 1.29 is 4.39 Å². The second kappa shape index (κ2) is 2.58. The van der Waals surface area contributed by atoms with Crippen LogP contribution < -0.4 is 5.73 Å². The Morgan fingerprint density at radius 3 is 3.14 bits per heavy atom. The minimum atomic E-state index is -0.150.